The number of hydrogen-bond acceptors (Lipinski definition) is 5. The highest BCUT2D eigenvalue weighted by Gasteiger charge is 2.49. The lowest BCUT2D eigenvalue weighted by Crippen LogP contribution is -2.57. The molecule has 0 spiro atoms. The van der Waals surface area contributed by atoms with Crippen molar-refractivity contribution in [3.05, 3.63) is 52.9 Å². The fourth-order valence-corrected chi connectivity index (χ4v) is 3.71. The Hall–Kier alpha value is -2.67. The van der Waals surface area contributed by atoms with Gasteiger partial charge < -0.3 is 19.6 Å². The molecule has 0 saturated carbocycles. The lowest BCUT2D eigenvalue weighted by Gasteiger charge is -2.43. The van der Waals surface area contributed by atoms with Gasteiger partial charge >= 0.3 is 5.97 Å². The molecule has 1 aliphatic heterocycles. The Balaban J connectivity index is 1.73. The van der Waals surface area contributed by atoms with Crippen LogP contribution < -0.4 is 0 Å². The second kappa shape index (κ2) is 7.52. The first-order valence-electron chi connectivity index (χ1n) is 8.98. The molecule has 2 N–H and O–H groups in total. The second-order valence-electron chi connectivity index (χ2n) is 7.21. The quantitative estimate of drug-likeness (QED) is 0.829. The van der Waals surface area contributed by atoms with Crippen molar-refractivity contribution in [3.63, 3.8) is 0 Å². The highest BCUT2D eigenvalue weighted by molar-refractivity contribution is 5.81. The number of amides is 1. The molecular formula is C20H24N2O5. The molecule has 144 valence electrons. The van der Waals surface area contributed by atoms with Crippen molar-refractivity contribution >= 4 is 11.9 Å². The van der Waals surface area contributed by atoms with Gasteiger partial charge in [-0.3, -0.25) is 9.59 Å². The molecule has 1 aromatic heterocycles. The number of carboxylic acids is 1. The highest BCUT2D eigenvalue weighted by atomic mass is 16.5. The van der Waals surface area contributed by atoms with E-state index < -0.39 is 17.5 Å². The molecule has 2 atom stereocenters. The number of piperidine rings is 1. The summed E-state index contributed by atoms with van der Waals surface area (Å²) in [7, 11) is 0. The predicted octanol–water partition coefficient (Wildman–Crippen LogP) is 1.74. The lowest BCUT2D eigenvalue weighted by atomic mass is 9.71. The number of nitrogens with zero attached hydrogens (tertiary/aromatic N) is 2. The van der Waals surface area contributed by atoms with Crippen LogP contribution in [0.2, 0.25) is 0 Å². The van der Waals surface area contributed by atoms with Crippen LogP contribution in [0.15, 0.2) is 34.9 Å². The molecule has 1 aliphatic rings. The number of aromatic nitrogens is 1. The van der Waals surface area contributed by atoms with E-state index in [0.717, 1.165) is 11.1 Å². The van der Waals surface area contributed by atoms with Gasteiger partial charge in [-0.2, -0.15) is 0 Å². The number of hydrogen-bond donors (Lipinski definition) is 2. The number of likely N-dealkylation sites (tertiary alicyclic amines) is 1. The molecule has 7 nitrogen and oxygen atoms in total. The number of aliphatic hydroxyl groups is 1. The Bertz CT molecular complexity index is 813. The predicted molar refractivity (Wildman–Crippen MR) is 97.1 cm³/mol. The van der Waals surface area contributed by atoms with E-state index in [2.05, 4.69) is 5.16 Å². The third-order valence-electron chi connectivity index (χ3n) is 5.51. The van der Waals surface area contributed by atoms with Gasteiger partial charge in [0.15, 0.2) is 0 Å². The molecule has 0 aliphatic carbocycles. The molecule has 1 fully saturated rings. The Morgan fingerprint density at radius 3 is 2.56 bits per heavy atom. The van der Waals surface area contributed by atoms with Crippen LogP contribution in [0.3, 0.4) is 0 Å². The van der Waals surface area contributed by atoms with E-state index in [0.29, 0.717) is 18.0 Å². The topological polar surface area (TPSA) is 104 Å². The standard InChI is InChI=1S/C20H24N2O5/c1-13-16(14(2)27-21-13)10-18(24)22-9-8-20(19(25)26,17(23)12-22)11-15-6-4-3-5-7-15/h3-7,17,23H,8-12H2,1-2H3,(H,25,26)/t17-,20-/m1/s1. The summed E-state index contributed by atoms with van der Waals surface area (Å²) in [5.41, 5.74) is 0.979. The normalized spacial score (nSPS) is 22.6. The minimum atomic E-state index is -1.29. The summed E-state index contributed by atoms with van der Waals surface area (Å²) in [6.45, 7) is 3.82. The highest BCUT2D eigenvalue weighted by Crippen LogP contribution is 2.36. The average molecular weight is 372 g/mol. The van der Waals surface area contributed by atoms with Gasteiger partial charge in [0.2, 0.25) is 5.91 Å². The van der Waals surface area contributed by atoms with Crippen molar-refractivity contribution in [1.29, 1.82) is 0 Å². The minimum absolute atomic E-state index is 0.00133. The number of aliphatic hydroxyl groups excluding tert-OH is 1. The second-order valence-corrected chi connectivity index (χ2v) is 7.21. The largest absolute Gasteiger partial charge is 0.481 e. The molecule has 0 radical (unpaired) electrons. The van der Waals surface area contributed by atoms with Crippen molar-refractivity contribution in [2.75, 3.05) is 13.1 Å². The maximum atomic E-state index is 12.7. The molecule has 0 unspecified atom stereocenters. The fraction of sp³-hybridized carbons (Fsp3) is 0.450. The number of carbonyl (C=O) groups excluding carboxylic acids is 1. The van der Waals surface area contributed by atoms with Crippen molar-refractivity contribution in [2.45, 2.75) is 39.2 Å². The molecule has 2 aromatic rings. The number of β-amino-alcohol motifs (C(OH)–C–C–N with tert-alkyl or cyclic N) is 1. The van der Waals surface area contributed by atoms with E-state index in [9.17, 15) is 19.8 Å². The Kier molecular flexibility index (Phi) is 5.32. The van der Waals surface area contributed by atoms with Crippen LogP contribution in [0, 0.1) is 19.3 Å². The van der Waals surface area contributed by atoms with Gasteiger partial charge in [-0.25, -0.2) is 0 Å². The summed E-state index contributed by atoms with van der Waals surface area (Å²) < 4.78 is 5.09. The van der Waals surface area contributed by atoms with Crippen LogP contribution in [0.25, 0.3) is 0 Å². The Morgan fingerprint density at radius 2 is 2.00 bits per heavy atom. The first-order valence-corrected chi connectivity index (χ1v) is 8.98. The van der Waals surface area contributed by atoms with Crippen LogP contribution in [0.1, 0.15) is 29.0 Å². The number of rotatable bonds is 5. The maximum Gasteiger partial charge on any atom is 0.312 e. The van der Waals surface area contributed by atoms with E-state index in [-0.39, 0.29) is 31.7 Å². The van der Waals surface area contributed by atoms with Gasteiger partial charge in [-0.1, -0.05) is 35.5 Å². The SMILES string of the molecule is Cc1noc(C)c1CC(=O)N1CC[C@](Cc2ccccc2)(C(=O)O)[C@H](O)C1. The number of carboxylic acid groups (broad SMARTS) is 1. The van der Waals surface area contributed by atoms with Gasteiger partial charge in [0.05, 0.1) is 18.2 Å². The van der Waals surface area contributed by atoms with Gasteiger partial charge in [0, 0.05) is 18.7 Å². The molecule has 7 heteroatoms. The third kappa shape index (κ3) is 3.73. The average Bonchev–Trinajstić information content (AvgIpc) is 2.96. The Labute approximate surface area is 157 Å². The number of carbonyl (C=O) groups is 2. The van der Waals surface area contributed by atoms with Gasteiger partial charge in [0.1, 0.15) is 11.2 Å². The molecule has 0 bridgehead atoms. The van der Waals surface area contributed by atoms with Crippen LogP contribution in [-0.2, 0) is 22.4 Å². The van der Waals surface area contributed by atoms with Crippen molar-refractivity contribution in [1.82, 2.24) is 10.1 Å². The molecule has 3 rings (SSSR count). The lowest BCUT2D eigenvalue weighted by molar-refractivity contribution is -0.165. The molecule has 2 heterocycles. The summed E-state index contributed by atoms with van der Waals surface area (Å²) in [6.07, 6.45) is -0.577. The first-order chi connectivity index (χ1) is 12.8. The van der Waals surface area contributed by atoms with Crippen LogP contribution in [-0.4, -0.2) is 51.3 Å². The summed E-state index contributed by atoms with van der Waals surface area (Å²) in [5.74, 6) is -0.596. The smallest absolute Gasteiger partial charge is 0.312 e. The summed E-state index contributed by atoms with van der Waals surface area (Å²) in [5, 5.41) is 24.4. The van der Waals surface area contributed by atoms with Crippen LogP contribution in [0.4, 0.5) is 0 Å². The third-order valence-corrected chi connectivity index (χ3v) is 5.51. The van der Waals surface area contributed by atoms with E-state index in [1.165, 1.54) is 4.90 Å². The maximum absolute atomic E-state index is 12.7. The van der Waals surface area contributed by atoms with E-state index in [4.69, 9.17) is 4.52 Å². The first kappa shape index (κ1) is 19.1. The summed E-state index contributed by atoms with van der Waals surface area (Å²) in [6, 6.07) is 9.27. The van der Waals surface area contributed by atoms with Crippen LogP contribution >= 0.6 is 0 Å². The molecule has 1 amide bonds. The zero-order valence-corrected chi connectivity index (χ0v) is 15.5. The van der Waals surface area contributed by atoms with Gasteiger partial charge in [0.25, 0.3) is 0 Å². The monoisotopic (exact) mass is 372 g/mol. The zero-order chi connectivity index (χ0) is 19.6. The summed E-state index contributed by atoms with van der Waals surface area (Å²) in [4.78, 5) is 26.2. The van der Waals surface area contributed by atoms with Crippen molar-refractivity contribution in [3.8, 4) is 0 Å². The number of aryl methyl sites for hydroxylation is 2. The van der Waals surface area contributed by atoms with Crippen molar-refractivity contribution in [2.24, 2.45) is 5.41 Å². The van der Waals surface area contributed by atoms with Crippen LogP contribution in [0.5, 0.6) is 0 Å². The molecule has 1 saturated heterocycles. The Morgan fingerprint density at radius 1 is 1.30 bits per heavy atom. The zero-order valence-electron chi connectivity index (χ0n) is 15.5. The number of aliphatic carboxylic acids is 1. The van der Waals surface area contributed by atoms with E-state index in [1.54, 1.807) is 13.8 Å². The minimum Gasteiger partial charge on any atom is -0.481 e. The van der Waals surface area contributed by atoms with Gasteiger partial charge in [-0.05, 0) is 32.3 Å². The van der Waals surface area contributed by atoms with E-state index in [1.807, 2.05) is 30.3 Å². The van der Waals surface area contributed by atoms with E-state index >= 15 is 0 Å². The molecule has 27 heavy (non-hydrogen) atoms. The number of benzene rings is 1. The van der Waals surface area contributed by atoms with Gasteiger partial charge in [-0.15, -0.1) is 0 Å². The summed E-state index contributed by atoms with van der Waals surface area (Å²) >= 11 is 0. The molecule has 1 aromatic carbocycles. The molecular weight excluding hydrogens is 348 g/mol. The van der Waals surface area contributed by atoms with Crippen molar-refractivity contribution < 1.29 is 24.3 Å². The fourth-order valence-electron chi connectivity index (χ4n) is 3.71.